The van der Waals surface area contributed by atoms with Crippen molar-refractivity contribution >= 4 is 42.7 Å². The number of aromatic carboxylic acids is 1. The van der Waals surface area contributed by atoms with Gasteiger partial charge in [-0.2, -0.15) is 0 Å². The van der Waals surface area contributed by atoms with Gasteiger partial charge in [0.1, 0.15) is 11.8 Å². The van der Waals surface area contributed by atoms with Crippen LogP contribution < -0.4 is 20.6 Å². The molecule has 16 nitrogen and oxygen atoms in total. The van der Waals surface area contributed by atoms with Crippen molar-refractivity contribution in [3.05, 3.63) is 53.1 Å². The molecule has 0 bridgehead atoms. The molecule has 0 aliphatic carbocycles. The molecule has 2 aromatic carbocycles. The number of amides is 6. The number of carboxylic acid groups (broad SMARTS) is 1. The van der Waals surface area contributed by atoms with Gasteiger partial charge in [-0.1, -0.05) is 12.1 Å². The van der Waals surface area contributed by atoms with Gasteiger partial charge in [-0.15, -0.1) is 0 Å². The van der Waals surface area contributed by atoms with Crippen molar-refractivity contribution < 1.29 is 53.8 Å². The predicted molar refractivity (Wildman–Crippen MR) is 146 cm³/mol. The number of para-hydroxylation sites is 1. The summed E-state index contributed by atoms with van der Waals surface area (Å²) < 4.78 is 5.38. The third-order valence-corrected chi connectivity index (χ3v) is 6.93. The Bertz CT molecular complexity index is 1490. The number of aromatic hydroxyl groups is 2. The van der Waals surface area contributed by atoms with Gasteiger partial charge in [0.25, 0.3) is 5.91 Å². The van der Waals surface area contributed by atoms with Crippen LogP contribution in [0.1, 0.15) is 33.2 Å². The molecule has 1 unspecified atom stereocenters. The first kappa shape index (κ1) is 30.6. The number of imide groups is 1. The van der Waals surface area contributed by atoms with Gasteiger partial charge in [-0.3, -0.25) is 24.1 Å². The molecule has 7 N–H and O–H groups in total. The molecule has 226 valence electrons. The number of carboxylic acids is 1. The number of benzene rings is 2. The lowest BCUT2D eigenvalue weighted by atomic mass is 9.72. The minimum absolute atomic E-state index is 0.0465. The molecular formula is C26H28BN5O11. The molecule has 4 rings (SSSR count). The second kappa shape index (κ2) is 12.7. The molecule has 17 heteroatoms. The number of piperazine rings is 1. The summed E-state index contributed by atoms with van der Waals surface area (Å²) in [4.78, 5) is 77.3. The number of likely N-dealkylation sites (N-methyl/N-ethyl adjacent to an activating group) is 1. The van der Waals surface area contributed by atoms with E-state index in [0.29, 0.717) is 10.5 Å². The molecule has 2 aliphatic rings. The average molecular weight is 597 g/mol. The van der Waals surface area contributed by atoms with Gasteiger partial charge >= 0.3 is 30.9 Å². The van der Waals surface area contributed by atoms with Crippen molar-refractivity contribution in [3.63, 3.8) is 0 Å². The Hall–Kier alpha value is -5.32. The van der Waals surface area contributed by atoms with Gasteiger partial charge in [0.2, 0.25) is 5.91 Å². The van der Waals surface area contributed by atoms with Crippen LogP contribution in [0, 0.1) is 0 Å². The van der Waals surface area contributed by atoms with Crippen LogP contribution in [0.25, 0.3) is 0 Å². The maximum atomic E-state index is 13.4. The minimum Gasteiger partial charge on any atom is -0.534 e. The van der Waals surface area contributed by atoms with E-state index in [1.807, 2.05) is 0 Å². The molecule has 2 atom stereocenters. The Morgan fingerprint density at radius 2 is 1.81 bits per heavy atom. The average Bonchev–Trinajstić information content (AvgIpc) is 2.97. The summed E-state index contributed by atoms with van der Waals surface area (Å²) in [6.07, 6.45) is -0.0465. The lowest BCUT2D eigenvalue weighted by Gasteiger charge is -2.33. The van der Waals surface area contributed by atoms with Gasteiger partial charge in [0.15, 0.2) is 11.5 Å². The number of carbonyl (C=O) groups excluding carboxylic acids is 5. The fourth-order valence-electron chi connectivity index (χ4n) is 4.57. The van der Waals surface area contributed by atoms with Crippen molar-refractivity contribution in [1.82, 2.24) is 25.8 Å². The second-order valence-electron chi connectivity index (χ2n) is 9.68. The Kier molecular flexibility index (Phi) is 9.04. The number of nitrogens with one attached hydrogen (secondary N) is 3. The first-order chi connectivity index (χ1) is 20.4. The molecule has 2 heterocycles. The van der Waals surface area contributed by atoms with E-state index < -0.39 is 72.8 Å². The summed E-state index contributed by atoms with van der Waals surface area (Å²) in [7, 11) is -1.68. The quantitative estimate of drug-likeness (QED) is 0.104. The number of hydrogen-bond acceptors (Lipinski definition) is 10. The van der Waals surface area contributed by atoms with Crippen LogP contribution in [0.5, 0.6) is 17.2 Å². The fraction of sp³-hybridized carbons (Fsp3) is 0.308. The summed E-state index contributed by atoms with van der Waals surface area (Å²) in [5.74, 6) is -7.18. The number of urea groups is 1. The van der Waals surface area contributed by atoms with E-state index in [1.54, 1.807) is 13.0 Å². The van der Waals surface area contributed by atoms with E-state index >= 15 is 0 Å². The number of nitrogens with zero attached hydrogens (tertiary/aromatic N) is 2. The molecule has 0 spiro atoms. The topological polar surface area (TPSA) is 235 Å². The van der Waals surface area contributed by atoms with Crippen LogP contribution >= 0.6 is 0 Å². The summed E-state index contributed by atoms with van der Waals surface area (Å²) in [6, 6.07) is 4.95. The van der Waals surface area contributed by atoms with Crippen LogP contribution in [-0.2, 0) is 20.8 Å². The molecule has 0 radical (unpaired) electrons. The highest BCUT2D eigenvalue weighted by molar-refractivity contribution is 6.47. The lowest BCUT2D eigenvalue weighted by molar-refractivity contribution is -0.153. The van der Waals surface area contributed by atoms with E-state index in [1.165, 1.54) is 23.1 Å². The number of phenols is 2. The molecule has 43 heavy (non-hydrogen) atoms. The van der Waals surface area contributed by atoms with E-state index in [9.17, 15) is 49.1 Å². The van der Waals surface area contributed by atoms with Gasteiger partial charge in [0.05, 0.1) is 11.5 Å². The van der Waals surface area contributed by atoms with Crippen LogP contribution in [0.15, 0.2) is 36.4 Å². The minimum atomic E-state index is -1.68. The van der Waals surface area contributed by atoms with Crippen LogP contribution in [0.3, 0.4) is 0 Å². The SMILES string of the molecule is CCN1CCN(C(=O)NC(CNC(=O)c2ccc(O)c(O)c2)C(=O)N[C@H]2Cc3cccc(C(=O)O)c3OB2O)C(=O)C1=O. The van der Waals surface area contributed by atoms with Gasteiger partial charge in [0, 0.05) is 31.7 Å². The number of hydrogen-bond donors (Lipinski definition) is 7. The maximum absolute atomic E-state index is 13.4. The number of fused-ring (bicyclic) bond motifs is 1. The van der Waals surface area contributed by atoms with Crippen molar-refractivity contribution in [2.45, 2.75) is 25.3 Å². The Morgan fingerprint density at radius 3 is 2.49 bits per heavy atom. The molecule has 2 aliphatic heterocycles. The Morgan fingerprint density at radius 1 is 1.07 bits per heavy atom. The Balaban J connectivity index is 1.51. The largest absolute Gasteiger partial charge is 0.547 e. The number of carbonyl (C=O) groups is 6. The Labute approximate surface area is 244 Å². The smallest absolute Gasteiger partial charge is 0.534 e. The second-order valence-corrected chi connectivity index (χ2v) is 9.68. The standard InChI is InChI=1S/C26H28BN5O11/c1-2-31-8-9-32(24(38)23(31)37)26(41)29-16(12-28-21(35)14-6-7-17(33)18(34)10-14)22(36)30-19-11-13-4-3-5-15(25(39)40)20(13)43-27(19)42/h3-7,10,16,19,33-34,42H,2,8-9,11-12H2,1H3,(H,28,35)(H,29,41)(H,30,36)(H,39,40)/t16?,19-/m0/s1. The lowest BCUT2D eigenvalue weighted by Crippen LogP contribution is -2.63. The molecule has 1 fully saturated rings. The molecular weight excluding hydrogens is 569 g/mol. The third kappa shape index (κ3) is 6.61. The van der Waals surface area contributed by atoms with Crippen molar-refractivity contribution in [1.29, 1.82) is 0 Å². The summed E-state index contributed by atoms with van der Waals surface area (Å²) in [5.41, 5.74) is 0.116. The normalized spacial score (nSPS) is 17.0. The molecule has 2 aromatic rings. The summed E-state index contributed by atoms with van der Waals surface area (Å²) >= 11 is 0. The summed E-state index contributed by atoms with van der Waals surface area (Å²) in [6.45, 7) is 1.32. The predicted octanol–water partition coefficient (Wildman–Crippen LogP) is -1.57. The maximum Gasteiger partial charge on any atom is 0.547 e. The third-order valence-electron chi connectivity index (χ3n) is 6.93. The highest BCUT2D eigenvalue weighted by atomic mass is 16.5. The molecule has 0 saturated carbocycles. The molecule has 0 aromatic heterocycles. The first-order valence-corrected chi connectivity index (χ1v) is 13.1. The number of phenolic OH excluding ortho intramolecular Hbond substituents is 2. The van der Waals surface area contributed by atoms with Crippen LogP contribution in [0.4, 0.5) is 4.79 Å². The highest BCUT2D eigenvalue weighted by Gasteiger charge is 2.40. The first-order valence-electron chi connectivity index (χ1n) is 13.1. The fourth-order valence-corrected chi connectivity index (χ4v) is 4.57. The monoisotopic (exact) mass is 597 g/mol. The number of rotatable bonds is 8. The van der Waals surface area contributed by atoms with Crippen molar-refractivity contribution in [2.75, 3.05) is 26.2 Å². The highest BCUT2D eigenvalue weighted by Crippen LogP contribution is 2.30. The zero-order valence-electron chi connectivity index (χ0n) is 22.8. The zero-order chi connectivity index (χ0) is 31.4. The van der Waals surface area contributed by atoms with E-state index in [-0.39, 0.29) is 42.9 Å². The van der Waals surface area contributed by atoms with Gasteiger partial charge in [-0.05, 0) is 43.2 Å². The summed E-state index contributed by atoms with van der Waals surface area (Å²) in [5, 5.41) is 46.4. The molecule has 6 amide bonds. The van der Waals surface area contributed by atoms with Crippen molar-refractivity contribution in [2.24, 2.45) is 0 Å². The zero-order valence-corrected chi connectivity index (χ0v) is 22.8. The van der Waals surface area contributed by atoms with Crippen LogP contribution in [0.2, 0.25) is 0 Å². The van der Waals surface area contributed by atoms with E-state index in [0.717, 1.165) is 12.1 Å². The van der Waals surface area contributed by atoms with E-state index in [2.05, 4.69) is 16.0 Å². The van der Waals surface area contributed by atoms with E-state index in [4.69, 9.17) is 4.65 Å². The van der Waals surface area contributed by atoms with Crippen LogP contribution in [-0.4, -0.2) is 111 Å². The van der Waals surface area contributed by atoms with Gasteiger partial charge < -0.3 is 45.8 Å². The molecule has 1 saturated heterocycles. The van der Waals surface area contributed by atoms with Crippen molar-refractivity contribution in [3.8, 4) is 17.2 Å². The van der Waals surface area contributed by atoms with Gasteiger partial charge in [-0.25, -0.2) is 9.59 Å².